The van der Waals surface area contributed by atoms with Crippen molar-refractivity contribution in [3.63, 3.8) is 0 Å². The summed E-state index contributed by atoms with van der Waals surface area (Å²) in [6, 6.07) is 6.83. The largest absolute Gasteiger partial charge is 0.382 e. The van der Waals surface area contributed by atoms with Crippen LogP contribution in [0.25, 0.3) is 10.9 Å². The van der Waals surface area contributed by atoms with Crippen LogP contribution >= 0.6 is 0 Å². The number of fused-ring (bicyclic) bond motifs is 1. The number of rotatable bonds is 6. The van der Waals surface area contributed by atoms with Gasteiger partial charge >= 0.3 is 0 Å². The number of para-hydroxylation sites is 1. The summed E-state index contributed by atoms with van der Waals surface area (Å²) in [5.74, 6) is 0.622. The Bertz CT molecular complexity index is 690. The second kappa shape index (κ2) is 6.62. The van der Waals surface area contributed by atoms with Crippen molar-refractivity contribution in [2.75, 3.05) is 17.3 Å². The molecule has 21 heavy (non-hydrogen) atoms. The van der Waals surface area contributed by atoms with Gasteiger partial charge in [0.1, 0.15) is 5.52 Å². The van der Waals surface area contributed by atoms with Gasteiger partial charge in [-0.25, -0.2) is 4.98 Å². The molecule has 0 aliphatic heterocycles. The zero-order chi connectivity index (χ0) is 15.4. The lowest BCUT2D eigenvalue weighted by atomic mass is 10.1. The zero-order valence-corrected chi connectivity index (χ0v) is 12.7. The van der Waals surface area contributed by atoms with Crippen LogP contribution in [0.1, 0.15) is 13.3 Å². The fourth-order valence-electron chi connectivity index (χ4n) is 2.11. The van der Waals surface area contributed by atoms with Gasteiger partial charge in [0.25, 0.3) is 5.69 Å². The van der Waals surface area contributed by atoms with Crippen molar-refractivity contribution in [3.05, 3.63) is 40.6 Å². The summed E-state index contributed by atoms with van der Waals surface area (Å²) < 4.78 is 11.1. The number of non-ortho nitro benzene ring substituents is 1. The fourth-order valence-corrected chi connectivity index (χ4v) is 2.80. The standard InChI is InChI=1S/C14H17N3O3S/c1-10(7-9-21(2)20)16-12-6-8-15-14-11(12)4-3-5-13(14)17(18)19/h3-6,8,10H,7,9H2,1-2H3,(H,15,16). The van der Waals surface area contributed by atoms with Gasteiger partial charge in [-0.3, -0.25) is 14.3 Å². The quantitative estimate of drug-likeness (QED) is 0.655. The molecule has 0 fully saturated rings. The fraction of sp³-hybridized carbons (Fsp3) is 0.357. The molecule has 6 nitrogen and oxygen atoms in total. The molecule has 2 rings (SSSR count). The van der Waals surface area contributed by atoms with Crippen LogP contribution in [-0.4, -0.2) is 32.2 Å². The Labute approximate surface area is 125 Å². The average Bonchev–Trinajstić information content (AvgIpc) is 2.44. The maximum absolute atomic E-state index is 11.1. The van der Waals surface area contributed by atoms with E-state index in [2.05, 4.69) is 10.3 Å². The minimum absolute atomic E-state index is 0.00142. The summed E-state index contributed by atoms with van der Waals surface area (Å²) in [6.45, 7) is 2.00. The molecule has 1 heterocycles. The number of benzene rings is 1. The molecule has 1 N–H and O–H groups in total. The van der Waals surface area contributed by atoms with E-state index in [9.17, 15) is 14.3 Å². The molecule has 1 aromatic heterocycles. The van der Waals surface area contributed by atoms with Gasteiger partial charge in [-0.15, -0.1) is 0 Å². The Hall–Kier alpha value is -2.02. The highest BCUT2D eigenvalue weighted by molar-refractivity contribution is 7.84. The molecule has 2 aromatic rings. The van der Waals surface area contributed by atoms with Crippen LogP contribution in [0.15, 0.2) is 30.5 Å². The molecule has 0 spiro atoms. The SMILES string of the molecule is CC(CCS(C)=O)Nc1ccnc2c([N+](=O)[O-])cccc12. The number of anilines is 1. The van der Waals surface area contributed by atoms with E-state index in [1.54, 1.807) is 24.6 Å². The minimum Gasteiger partial charge on any atom is -0.382 e. The van der Waals surface area contributed by atoms with E-state index in [0.29, 0.717) is 11.3 Å². The lowest BCUT2D eigenvalue weighted by Gasteiger charge is -2.16. The van der Waals surface area contributed by atoms with E-state index in [0.717, 1.165) is 17.5 Å². The topological polar surface area (TPSA) is 85.1 Å². The van der Waals surface area contributed by atoms with Crippen LogP contribution in [0.3, 0.4) is 0 Å². The Morgan fingerprint density at radius 2 is 2.19 bits per heavy atom. The number of pyridine rings is 1. The lowest BCUT2D eigenvalue weighted by molar-refractivity contribution is -0.383. The van der Waals surface area contributed by atoms with Crippen molar-refractivity contribution in [2.45, 2.75) is 19.4 Å². The monoisotopic (exact) mass is 307 g/mol. The molecule has 2 unspecified atom stereocenters. The number of nitrogens with zero attached hydrogens (tertiary/aromatic N) is 2. The number of aromatic nitrogens is 1. The van der Waals surface area contributed by atoms with E-state index >= 15 is 0 Å². The predicted molar refractivity (Wildman–Crippen MR) is 85.0 cm³/mol. The molecular weight excluding hydrogens is 290 g/mol. The normalized spacial score (nSPS) is 13.8. The second-order valence-corrected chi connectivity index (χ2v) is 6.45. The Morgan fingerprint density at radius 1 is 1.43 bits per heavy atom. The number of nitrogens with one attached hydrogen (secondary N) is 1. The summed E-state index contributed by atoms with van der Waals surface area (Å²) in [6.07, 6.45) is 4.00. The molecule has 0 radical (unpaired) electrons. The van der Waals surface area contributed by atoms with Gasteiger partial charge in [0.2, 0.25) is 0 Å². The van der Waals surface area contributed by atoms with Gasteiger partial charge in [0, 0.05) is 52.2 Å². The Morgan fingerprint density at radius 3 is 2.86 bits per heavy atom. The van der Waals surface area contributed by atoms with E-state index in [1.807, 2.05) is 13.0 Å². The smallest absolute Gasteiger partial charge is 0.295 e. The van der Waals surface area contributed by atoms with Crippen LogP contribution in [0.5, 0.6) is 0 Å². The van der Waals surface area contributed by atoms with Gasteiger partial charge in [-0.2, -0.15) is 0 Å². The van der Waals surface area contributed by atoms with Crippen molar-refractivity contribution >= 4 is 33.1 Å². The van der Waals surface area contributed by atoms with E-state index in [-0.39, 0.29) is 11.7 Å². The van der Waals surface area contributed by atoms with Crippen LogP contribution in [0, 0.1) is 10.1 Å². The molecule has 112 valence electrons. The van der Waals surface area contributed by atoms with Crippen LogP contribution < -0.4 is 5.32 Å². The Balaban J connectivity index is 2.30. The summed E-state index contributed by atoms with van der Waals surface area (Å²) in [4.78, 5) is 14.7. The van der Waals surface area contributed by atoms with E-state index in [4.69, 9.17) is 0 Å². The molecule has 1 aromatic carbocycles. The van der Waals surface area contributed by atoms with Crippen molar-refractivity contribution in [1.29, 1.82) is 0 Å². The average molecular weight is 307 g/mol. The lowest BCUT2D eigenvalue weighted by Crippen LogP contribution is -2.18. The summed E-state index contributed by atoms with van der Waals surface area (Å²) >= 11 is 0. The summed E-state index contributed by atoms with van der Waals surface area (Å²) in [5, 5.41) is 15.1. The molecule has 0 bridgehead atoms. The molecule has 0 saturated heterocycles. The van der Waals surface area contributed by atoms with Gasteiger partial charge in [0.05, 0.1) is 4.92 Å². The molecule has 7 heteroatoms. The van der Waals surface area contributed by atoms with Crippen molar-refractivity contribution in [1.82, 2.24) is 4.98 Å². The highest BCUT2D eigenvalue weighted by atomic mass is 32.2. The molecule has 0 aliphatic carbocycles. The minimum atomic E-state index is -0.823. The van der Waals surface area contributed by atoms with Crippen LogP contribution in [0.4, 0.5) is 11.4 Å². The van der Waals surface area contributed by atoms with Crippen LogP contribution in [-0.2, 0) is 10.8 Å². The Kier molecular flexibility index (Phi) is 4.85. The van der Waals surface area contributed by atoms with Gasteiger partial charge in [0.15, 0.2) is 0 Å². The number of hydrogen-bond acceptors (Lipinski definition) is 5. The maximum Gasteiger partial charge on any atom is 0.295 e. The number of nitro benzene ring substituents is 1. The highest BCUT2D eigenvalue weighted by Crippen LogP contribution is 2.29. The van der Waals surface area contributed by atoms with E-state index < -0.39 is 15.7 Å². The highest BCUT2D eigenvalue weighted by Gasteiger charge is 2.15. The summed E-state index contributed by atoms with van der Waals surface area (Å²) in [5.41, 5.74) is 1.18. The van der Waals surface area contributed by atoms with Gasteiger partial charge in [-0.05, 0) is 19.4 Å². The van der Waals surface area contributed by atoms with Crippen molar-refractivity contribution in [2.24, 2.45) is 0 Å². The number of nitro groups is 1. The first-order valence-electron chi connectivity index (χ1n) is 6.57. The van der Waals surface area contributed by atoms with Crippen molar-refractivity contribution < 1.29 is 9.13 Å². The van der Waals surface area contributed by atoms with E-state index in [1.165, 1.54) is 6.07 Å². The molecule has 0 amide bonds. The van der Waals surface area contributed by atoms with Crippen molar-refractivity contribution in [3.8, 4) is 0 Å². The molecular formula is C14H17N3O3S. The molecule has 0 aliphatic rings. The predicted octanol–water partition coefficient (Wildman–Crippen LogP) is 2.71. The van der Waals surface area contributed by atoms with Gasteiger partial charge < -0.3 is 5.32 Å². The third-order valence-corrected chi connectivity index (χ3v) is 4.00. The van der Waals surface area contributed by atoms with Gasteiger partial charge in [-0.1, -0.05) is 12.1 Å². The second-order valence-electron chi connectivity index (χ2n) is 4.90. The first-order chi connectivity index (χ1) is 9.99. The molecule has 2 atom stereocenters. The first-order valence-corrected chi connectivity index (χ1v) is 8.30. The molecule has 0 saturated carbocycles. The third kappa shape index (κ3) is 3.75. The zero-order valence-electron chi connectivity index (χ0n) is 11.9. The first kappa shape index (κ1) is 15.4. The maximum atomic E-state index is 11.1. The van der Waals surface area contributed by atoms with Crippen LogP contribution in [0.2, 0.25) is 0 Å². The number of hydrogen-bond donors (Lipinski definition) is 1. The third-order valence-electron chi connectivity index (χ3n) is 3.19. The summed E-state index contributed by atoms with van der Waals surface area (Å²) in [7, 11) is -0.823.